The third-order valence-corrected chi connectivity index (χ3v) is 5.26. The van der Waals surface area contributed by atoms with Gasteiger partial charge in [-0.1, -0.05) is 17.7 Å². The summed E-state index contributed by atoms with van der Waals surface area (Å²) in [7, 11) is 0. The Hall–Kier alpha value is -2.32. The van der Waals surface area contributed by atoms with Crippen LogP contribution in [0.4, 0.5) is 24.7 Å². The molecule has 5 nitrogen and oxygen atoms in total. The van der Waals surface area contributed by atoms with Crippen LogP contribution in [0.2, 0.25) is 5.02 Å². The molecule has 2 heterocycles. The van der Waals surface area contributed by atoms with Crippen LogP contribution in [0, 0.1) is 13.8 Å². The van der Waals surface area contributed by atoms with Gasteiger partial charge in [-0.15, -0.1) is 0 Å². The van der Waals surface area contributed by atoms with Crippen molar-refractivity contribution in [2.75, 3.05) is 42.9 Å². The number of alkyl halides is 3. The average molecular weight is 427 g/mol. The molecule has 1 aliphatic heterocycles. The summed E-state index contributed by atoms with van der Waals surface area (Å²) in [6, 6.07) is 6.66. The first kappa shape index (κ1) is 21.4. The lowest BCUT2D eigenvalue weighted by molar-refractivity contribution is -0.137. The highest BCUT2D eigenvalue weighted by molar-refractivity contribution is 6.33. The van der Waals surface area contributed by atoms with Crippen molar-refractivity contribution in [2.45, 2.75) is 20.0 Å². The molecule has 156 valence electrons. The second kappa shape index (κ2) is 8.59. The number of rotatable bonds is 4. The zero-order chi connectivity index (χ0) is 21.2. The number of aryl methyl sites for hydroxylation is 2. The number of amides is 1. The van der Waals surface area contributed by atoms with Crippen molar-refractivity contribution >= 4 is 29.0 Å². The summed E-state index contributed by atoms with van der Waals surface area (Å²) in [6.07, 6.45) is -3.68. The Kier molecular flexibility index (Phi) is 6.33. The third kappa shape index (κ3) is 5.39. The van der Waals surface area contributed by atoms with E-state index in [4.69, 9.17) is 11.6 Å². The Morgan fingerprint density at radius 2 is 1.83 bits per heavy atom. The van der Waals surface area contributed by atoms with Gasteiger partial charge in [0.15, 0.2) is 0 Å². The van der Waals surface area contributed by atoms with Crippen molar-refractivity contribution < 1.29 is 18.0 Å². The van der Waals surface area contributed by atoms with Crippen molar-refractivity contribution in [2.24, 2.45) is 0 Å². The Morgan fingerprint density at radius 3 is 2.41 bits per heavy atom. The number of carbonyl (C=O) groups excluding carboxylic acids is 1. The molecule has 1 saturated heterocycles. The van der Waals surface area contributed by atoms with E-state index >= 15 is 0 Å². The highest BCUT2D eigenvalue weighted by Crippen LogP contribution is 2.33. The van der Waals surface area contributed by atoms with Gasteiger partial charge < -0.3 is 10.2 Å². The Morgan fingerprint density at radius 1 is 1.14 bits per heavy atom. The molecular weight excluding hydrogens is 405 g/mol. The molecule has 1 amide bonds. The van der Waals surface area contributed by atoms with E-state index in [1.165, 1.54) is 0 Å². The third-order valence-electron chi connectivity index (χ3n) is 4.98. The molecule has 0 unspecified atom stereocenters. The molecule has 1 aromatic carbocycles. The van der Waals surface area contributed by atoms with Gasteiger partial charge in [0.1, 0.15) is 5.82 Å². The Labute approximate surface area is 172 Å². The summed E-state index contributed by atoms with van der Waals surface area (Å²) in [6.45, 7) is 6.46. The first-order valence-electron chi connectivity index (χ1n) is 9.20. The van der Waals surface area contributed by atoms with Crippen LogP contribution in [-0.4, -0.2) is 48.5 Å². The van der Waals surface area contributed by atoms with Gasteiger partial charge in [-0.2, -0.15) is 13.2 Å². The standard InChI is InChI=1S/C20H22ClF3N4O/c1-13-3-4-16(9-14(13)2)26-18(29)12-27-5-7-28(8-6-27)19-17(21)10-15(11-25-19)20(22,23)24/h3-4,9-11H,5-8,12H2,1-2H3,(H,26,29). The topological polar surface area (TPSA) is 48.5 Å². The predicted octanol–water partition coefficient (Wildman–Crippen LogP) is 4.13. The van der Waals surface area contributed by atoms with E-state index in [0.29, 0.717) is 32.0 Å². The summed E-state index contributed by atoms with van der Waals surface area (Å²) in [5.74, 6) is 0.228. The number of nitrogens with one attached hydrogen (secondary N) is 1. The summed E-state index contributed by atoms with van der Waals surface area (Å²) < 4.78 is 38.3. The fraction of sp³-hybridized carbons (Fsp3) is 0.400. The number of carbonyl (C=O) groups is 1. The first-order valence-corrected chi connectivity index (χ1v) is 9.58. The van der Waals surface area contributed by atoms with Crippen LogP contribution >= 0.6 is 11.6 Å². The van der Waals surface area contributed by atoms with Crippen LogP contribution in [0.25, 0.3) is 0 Å². The van der Waals surface area contributed by atoms with Gasteiger partial charge in [0, 0.05) is 38.1 Å². The van der Waals surface area contributed by atoms with E-state index < -0.39 is 11.7 Å². The largest absolute Gasteiger partial charge is 0.417 e. The molecular formula is C20H22ClF3N4O. The SMILES string of the molecule is Cc1ccc(NC(=O)CN2CCN(c3ncc(C(F)(F)F)cc3Cl)CC2)cc1C. The highest BCUT2D eigenvalue weighted by atomic mass is 35.5. The van der Waals surface area contributed by atoms with Crippen LogP contribution in [0.5, 0.6) is 0 Å². The van der Waals surface area contributed by atoms with Crippen LogP contribution < -0.4 is 10.2 Å². The van der Waals surface area contributed by atoms with Gasteiger partial charge in [-0.3, -0.25) is 9.69 Å². The van der Waals surface area contributed by atoms with E-state index in [9.17, 15) is 18.0 Å². The Balaban J connectivity index is 1.54. The first-order chi connectivity index (χ1) is 13.6. The molecule has 0 saturated carbocycles. The summed E-state index contributed by atoms with van der Waals surface area (Å²) in [5, 5.41) is 2.87. The van der Waals surface area contributed by atoms with Crippen LogP contribution in [0.1, 0.15) is 16.7 Å². The lowest BCUT2D eigenvalue weighted by atomic mass is 10.1. The zero-order valence-electron chi connectivity index (χ0n) is 16.2. The average Bonchev–Trinajstić information content (AvgIpc) is 2.65. The predicted molar refractivity (Wildman–Crippen MR) is 107 cm³/mol. The maximum absolute atomic E-state index is 12.8. The molecule has 1 aromatic heterocycles. The number of halogens is 4. The minimum absolute atomic E-state index is 0.0271. The minimum Gasteiger partial charge on any atom is -0.353 e. The molecule has 0 bridgehead atoms. The molecule has 0 atom stereocenters. The highest BCUT2D eigenvalue weighted by Gasteiger charge is 2.32. The second-order valence-electron chi connectivity index (χ2n) is 7.14. The fourth-order valence-electron chi connectivity index (χ4n) is 3.16. The summed E-state index contributed by atoms with van der Waals surface area (Å²) >= 11 is 6.02. The second-order valence-corrected chi connectivity index (χ2v) is 7.54. The number of anilines is 2. The maximum atomic E-state index is 12.8. The summed E-state index contributed by atoms with van der Waals surface area (Å²) in [4.78, 5) is 20.0. The lowest BCUT2D eigenvalue weighted by Crippen LogP contribution is -2.49. The van der Waals surface area contributed by atoms with Crippen LogP contribution in [0.15, 0.2) is 30.5 Å². The van der Waals surface area contributed by atoms with E-state index in [-0.39, 0.29) is 17.5 Å². The minimum atomic E-state index is -4.47. The molecule has 1 aliphatic rings. The van der Waals surface area contributed by atoms with Gasteiger partial charge in [-0.25, -0.2) is 4.98 Å². The normalized spacial score (nSPS) is 15.4. The smallest absolute Gasteiger partial charge is 0.353 e. The van der Waals surface area contributed by atoms with Gasteiger partial charge in [0.2, 0.25) is 5.91 Å². The molecule has 2 aromatic rings. The molecule has 29 heavy (non-hydrogen) atoms. The number of hydrogen-bond acceptors (Lipinski definition) is 4. The quantitative estimate of drug-likeness (QED) is 0.798. The fourth-order valence-corrected chi connectivity index (χ4v) is 3.44. The number of hydrogen-bond donors (Lipinski definition) is 1. The molecule has 0 aliphatic carbocycles. The van der Waals surface area contributed by atoms with Crippen LogP contribution in [0.3, 0.4) is 0 Å². The molecule has 1 fully saturated rings. The van der Waals surface area contributed by atoms with E-state index in [1.54, 1.807) is 0 Å². The van der Waals surface area contributed by atoms with Crippen molar-refractivity contribution in [3.63, 3.8) is 0 Å². The molecule has 0 radical (unpaired) electrons. The van der Waals surface area contributed by atoms with Crippen molar-refractivity contribution in [1.82, 2.24) is 9.88 Å². The lowest BCUT2D eigenvalue weighted by Gasteiger charge is -2.35. The Bertz CT molecular complexity index is 896. The van der Waals surface area contributed by atoms with Gasteiger partial charge in [0.05, 0.1) is 17.1 Å². The molecule has 3 rings (SSSR count). The van der Waals surface area contributed by atoms with Crippen molar-refractivity contribution in [3.05, 3.63) is 52.2 Å². The number of pyridine rings is 1. The number of nitrogens with zero attached hydrogens (tertiary/aromatic N) is 3. The molecule has 1 N–H and O–H groups in total. The summed E-state index contributed by atoms with van der Waals surface area (Å²) in [5.41, 5.74) is 2.16. The van der Waals surface area contributed by atoms with Crippen molar-refractivity contribution in [3.8, 4) is 0 Å². The monoisotopic (exact) mass is 426 g/mol. The van der Waals surface area contributed by atoms with E-state index in [0.717, 1.165) is 29.1 Å². The number of piperazine rings is 1. The number of benzene rings is 1. The van der Waals surface area contributed by atoms with Crippen molar-refractivity contribution in [1.29, 1.82) is 0 Å². The van der Waals surface area contributed by atoms with E-state index in [2.05, 4.69) is 10.3 Å². The van der Waals surface area contributed by atoms with Gasteiger partial charge in [-0.05, 0) is 43.2 Å². The maximum Gasteiger partial charge on any atom is 0.417 e. The number of aromatic nitrogens is 1. The van der Waals surface area contributed by atoms with E-state index in [1.807, 2.05) is 41.8 Å². The van der Waals surface area contributed by atoms with Crippen LogP contribution in [-0.2, 0) is 11.0 Å². The van der Waals surface area contributed by atoms with Gasteiger partial charge in [0.25, 0.3) is 0 Å². The molecule has 9 heteroatoms. The zero-order valence-corrected chi connectivity index (χ0v) is 16.9. The van der Waals surface area contributed by atoms with Gasteiger partial charge >= 0.3 is 6.18 Å². The molecule has 0 spiro atoms.